The van der Waals surface area contributed by atoms with Gasteiger partial charge in [0.15, 0.2) is 0 Å². The van der Waals surface area contributed by atoms with Crippen molar-refractivity contribution in [3.8, 4) is 0 Å². The number of rotatable bonds is 9. The van der Waals surface area contributed by atoms with Crippen molar-refractivity contribution < 1.29 is 14.7 Å². The van der Waals surface area contributed by atoms with E-state index in [0.717, 1.165) is 12.0 Å². The van der Waals surface area contributed by atoms with Crippen molar-refractivity contribution in [2.75, 3.05) is 13.1 Å². The van der Waals surface area contributed by atoms with Crippen molar-refractivity contribution in [1.82, 2.24) is 10.2 Å². The quantitative estimate of drug-likeness (QED) is 0.701. The standard InChI is InChI=1S/C18H21ClN2O3S/c1-13(9-16-3-2-8-25-16)21(12-17(22)20-10-18(23)24)11-14-4-6-15(19)7-5-14/h2-8,13H,9-12H2,1H3,(H,20,22)(H,23,24). The first-order valence-electron chi connectivity index (χ1n) is 7.93. The summed E-state index contributed by atoms with van der Waals surface area (Å²) in [7, 11) is 0. The van der Waals surface area contributed by atoms with Crippen LogP contribution in [0.25, 0.3) is 0 Å². The van der Waals surface area contributed by atoms with E-state index in [-0.39, 0.29) is 25.0 Å². The van der Waals surface area contributed by atoms with Gasteiger partial charge in [-0.3, -0.25) is 14.5 Å². The average Bonchev–Trinajstić information content (AvgIpc) is 3.07. The molecule has 7 heteroatoms. The van der Waals surface area contributed by atoms with Gasteiger partial charge in [-0.05, 0) is 42.5 Å². The van der Waals surface area contributed by atoms with Gasteiger partial charge in [-0.25, -0.2) is 0 Å². The lowest BCUT2D eigenvalue weighted by Gasteiger charge is -2.28. The molecule has 5 nitrogen and oxygen atoms in total. The molecule has 134 valence electrons. The largest absolute Gasteiger partial charge is 0.480 e. The van der Waals surface area contributed by atoms with Crippen molar-refractivity contribution in [2.45, 2.75) is 25.9 Å². The lowest BCUT2D eigenvalue weighted by atomic mass is 10.1. The van der Waals surface area contributed by atoms with Gasteiger partial charge >= 0.3 is 5.97 Å². The Hall–Kier alpha value is -1.89. The molecule has 1 aromatic carbocycles. The van der Waals surface area contributed by atoms with Crippen LogP contribution in [0.5, 0.6) is 0 Å². The van der Waals surface area contributed by atoms with E-state index in [1.54, 1.807) is 11.3 Å². The summed E-state index contributed by atoms with van der Waals surface area (Å²) in [6, 6.07) is 11.7. The molecule has 0 saturated carbocycles. The number of carboxylic acids is 1. The van der Waals surface area contributed by atoms with Gasteiger partial charge in [-0.2, -0.15) is 0 Å². The van der Waals surface area contributed by atoms with Crippen molar-refractivity contribution in [3.05, 3.63) is 57.2 Å². The van der Waals surface area contributed by atoms with Crippen LogP contribution in [0.15, 0.2) is 41.8 Å². The number of carbonyl (C=O) groups excluding carboxylic acids is 1. The maximum absolute atomic E-state index is 12.1. The lowest BCUT2D eigenvalue weighted by Crippen LogP contribution is -2.43. The normalized spacial score (nSPS) is 12.1. The Morgan fingerprint density at radius 2 is 2.00 bits per heavy atom. The van der Waals surface area contributed by atoms with Crippen molar-refractivity contribution >= 4 is 34.8 Å². The molecule has 2 N–H and O–H groups in total. The third kappa shape index (κ3) is 6.86. The fourth-order valence-electron chi connectivity index (χ4n) is 2.46. The molecule has 0 aliphatic heterocycles. The van der Waals surface area contributed by atoms with Crippen LogP contribution >= 0.6 is 22.9 Å². The van der Waals surface area contributed by atoms with E-state index < -0.39 is 5.97 Å². The predicted molar refractivity (Wildman–Crippen MR) is 100.0 cm³/mol. The van der Waals surface area contributed by atoms with Crippen LogP contribution in [0, 0.1) is 0 Å². The van der Waals surface area contributed by atoms with Crippen LogP contribution in [0.3, 0.4) is 0 Å². The molecule has 25 heavy (non-hydrogen) atoms. The van der Waals surface area contributed by atoms with E-state index >= 15 is 0 Å². The Balaban J connectivity index is 2.04. The van der Waals surface area contributed by atoms with Crippen LogP contribution in [0.2, 0.25) is 5.02 Å². The monoisotopic (exact) mass is 380 g/mol. The first kappa shape index (κ1) is 19.4. The van der Waals surface area contributed by atoms with Crippen LogP contribution in [-0.4, -0.2) is 41.0 Å². The van der Waals surface area contributed by atoms with Crippen LogP contribution in [0.4, 0.5) is 0 Å². The number of benzene rings is 1. The predicted octanol–water partition coefficient (Wildman–Crippen LogP) is 3.04. The maximum atomic E-state index is 12.1. The summed E-state index contributed by atoms with van der Waals surface area (Å²) in [5.74, 6) is -1.35. The van der Waals surface area contributed by atoms with E-state index in [1.165, 1.54) is 4.88 Å². The Labute approximate surface area is 156 Å². The molecule has 0 saturated heterocycles. The minimum Gasteiger partial charge on any atom is -0.480 e. The number of thiophene rings is 1. The number of nitrogens with zero attached hydrogens (tertiary/aromatic N) is 1. The fourth-order valence-corrected chi connectivity index (χ4v) is 3.41. The molecule has 0 aliphatic carbocycles. The number of carbonyl (C=O) groups is 2. The molecule has 1 heterocycles. The Kier molecular flexibility index (Phi) is 7.43. The van der Waals surface area contributed by atoms with Gasteiger partial charge in [0.1, 0.15) is 6.54 Å². The minimum absolute atomic E-state index is 0.130. The van der Waals surface area contributed by atoms with Crippen molar-refractivity contribution in [2.24, 2.45) is 0 Å². The summed E-state index contributed by atoms with van der Waals surface area (Å²) in [6.07, 6.45) is 0.831. The average molecular weight is 381 g/mol. The third-order valence-electron chi connectivity index (χ3n) is 3.78. The second-order valence-corrected chi connectivity index (χ2v) is 7.30. The van der Waals surface area contributed by atoms with E-state index in [9.17, 15) is 9.59 Å². The van der Waals surface area contributed by atoms with Gasteiger partial charge in [0, 0.05) is 22.5 Å². The zero-order valence-electron chi connectivity index (χ0n) is 13.9. The van der Waals surface area contributed by atoms with Crippen molar-refractivity contribution in [3.63, 3.8) is 0 Å². The summed E-state index contributed by atoms with van der Waals surface area (Å²) in [5.41, 5.74) is 1.05. The highest BCUT2D eigenvalue weighted by Gasteiger charge is 2.19. The molecule has 1 unspecified atom stereocenters. The molecule has 1 atom stereocenters. The van der Waals surface area contributed by atoms with Gasteiger partial charge < -0.3 is 10.4 Å². The summed E-state index contributed by atoms with van der Waals surface area (Å²) in [6.45, 7) is 2.43. The number of amides is 1. The molecule has 0 fully saturated rings. The molecular weight excluding hydrogens is 360 g/mol. The van der Waals surface area contributed by atoms with Crippen LogP contribution in [0.1, 0.15) is 17.4 Å². The highest BCUT2D eigenvalue weighted by atomic mass is 35.5. The van der Waals surface area contributed by atoms with Gasteiger partial charge in [-0.1, -0.05) is 29.8 Å². The zero-order chi connectivity index (χ0) is 18.2. The number of aliphatic carboxylic acids is 1. The molecule has 1 amide bonds. The van der Waals surface area contributed by atoms with E-state index in [0.29, 0.717) is 11.6 Å². The van der Waals surface area contributed by atoms with Gasteiger partial charge in [-0.15, -0.1) is 11.3 Å². The maximum Gasteiger partial charge on any atom is 0.322 e. The first-order chi connectivity index (χ1) is 11.9. The number of hydrogen-bond acceptors (Lipinski definition) is 4. The molecule has 0 bridgehead atoms. The fraction of sp³-hybridized carbons (Fsp3) is 0.333. The first-order valence-corrected chi connectivity index (χ1v) is 9.19. The molecule has 0 radical (unpaired) electrons. The summed E-state index contributed by atoms with van der Waals surface area (Å²) in [5, 5.41) is 13.8. The number of carboxylic acid groups (broad SMARTS) is 1. The smallest absolute Gasteiger partial charge is 0.322 e. The summed E-state index contributed by atoms with van der Waals surface area (Å²) >= 11 is 7.62. The van der Waals surface area contributed by atoms with Crippen molar-refractivity contribution in [1.29, 1.82) is 0 Å². The van der Waals surface area contributed by atoms with Gasteiger partial charge in [0.25, 0.3) is 0 Å². The number of hydrogen-bond donors (Lipinski definition) is 2. The van der Waals surface area contributed by atoms with E-state index in [2.05, 4.69) is 18.3 Å². The van der Waals surface area contributed by atoms with Gasteiger partial charge in [0.2, 0.25) is 5.91 Å². The second kappa shape index (κ2) is 9.56. The van der Waals surface area contributed by atoms with Crippen LogP contribution < -0.4 is 5.32 Å². The highest BCUT2D eigenvalue weighted by Crippen LogP contribution is 2.17. The van der Waals surface area contributed by atoms with E-state index in [1.807, 2.05) is 40.6 Å². The Bertz CT molecular complexity index is 689. The Morgan fingerprint density at radius 3 is 2.60 bits per heavy atom. The minimum atomic E-state index is -1.05. The molecule has 0 aliphatic rings. The third-order valence-corrected chi connectivity index (χ3v) is 4.93. The molecule has 2 aromatic rings. The molecule has 2 rings (SSSR count). The highest BCUT2D eigenvalue weighted by molar-refractivity contribution is 7.09. The number of nitrogens with one attached hydrogen (secondary N) is 1. The SMILES string of the molecule is CC(Cc1cccs1)N(CC(=O)NCC(=O)O)Cc1ccc(Cl)cc1. The molecular formula is C18H21ClN2O3S. The Morgan fingerprint density at radius 1 is 1.28 bits per heavy atom. The molecule has 1 aromatic heterocycles. The molecule has 0 spiro atoms. The van der Waals surface area contributed by atoms with Gasteiger partial charge in [0.05, 0.1) is 6.54 Å². The van der Waals surface area contributed by atoms with E-state index in [4.69, 9.17) is 16.7 Å². The zero-order valence-corrected chi connectivity index (χ0v) is 15.5. The second-order valence-electron chi connectivity index (χ2n) is 5.83. The summed E-state index contributed by atoms with van der Waals surface area (Å²) < 4.78 is 0. The summed E-state index contributed by atoms with van der Waals surface area (Å²) in [4.78, 5) is 26.0. The topological polar surface area (TPSA) is 69.6 Å². The number of halogens is 1. The van der Waals surface area contributed by atoms with Crippen LogP contribution in [-0.2, 0) is 22.6 Å². The lowest BCUT2D eigenvalue weighted by molar-refractivity contribution is -0.138.